The Labute approximate surface area is 210 Å². The fourth-order valence-electron chi connectivity index (χ4n) is 4.22. The van der Waals surface area contributed by atoms with Crippen molar-refractivity contribution in [3.05, 3.63) is 106 Å². The van der Waals surface area contributed by atoms with Crippen LogP contribution in [0.5, 0.6) is 0 Å². The van der Waals surface area contributed by atoms with Crippen LogP contribution in [0.25, 0.3) is 17.0 Å². The number of halogens is 1. The molecular weight excluding hydrogens is 483 g/mol. The van der Waals surface area contributed by atoms with Gasteiger partial charge in [-0.2, -0.15) is 0 Å². The molecule has 0 unspecified atom stereocenters. The Balaban J connectivity index is 1.55. The van der Waals surface area contributed by atoms with Crippen LogP contribution in [0.2, 0.25) is 0 Å². The number of carboxylic acid groups (broad SMARTS) is 1. The van der Waals surface area contributed by atoms with E-state index >= 15 is 0 Å². The minimum atomic E-state index is -1.07. The highest BCUT2D eigenvalue weighted by molar-refractivity contribution is 8.27. The number of hydrogen-bond donors (Lipinski definition) is 1. The number of aromatic nitrogens is 1. The van der Waals surface area contributed by atoms with Gasteiger partial charge in [-0.3, -0.25) is 9.69 Å². The first kappa shape index (κ1) is 23.0. The highest BCUT2D eigenvalue weighted by Crippen LogP contribution is 2.38. The van der Waals surface area contributed by atoms with Crippen molar-refractivity contribution in [2.45, 2.75) is 13.5 Å². The van der Waals surface area contributed by atoms with E-state index in [0.29, 0.717) is 21.5 Å². The van der Waals surface area contributed by atoms with Crippen LogP contribution in [0.15, 0.2) is 77.7 Å². The van der Waals surface area contributed by atoms with E-state index in [0.717, 1.165) is 27.7 Å². The molecular formula is C27H19FN2O3S2. The lowest BCUT2D eigenvalue weighted by molar-refractivity contribution is -0.113. The Morgan fingerprint density at radius 1 is 1.09 bits per heavy atom. The number of carbonyl (C=O) groups excluding carboxylic acids is 1. The maximum Gasteiger partial charge on any atom is 0.335 e. The number of amides is 1. The molecule has 3 aromatic carbocycles. The first-order valence-corrected chi connectivity index (χ1v) is 12.0. The number of anilines is 1. The maximum absolute atomic E-state index is 13.4. The Bertz CT molecular complexity index is 1540. The molecule has 1 N–H and O–H groups in total. The standard InChI is InChI=1S/C27H19FN2O3S2/c1-16-22(21-7-2-3-8-23(21)29(16)15-17-9-11-19(28)12-10-17)14-24-25(31)30(27(34)35-24)20-6-4-5-18(13-20)26(32)33/h2-14H,15H2,1H3,(H,32,33)/b24-14+. The van der Waals surface area contributed by atoms with Crippen molar-refractivity contribution in [1.29, 1.82) is 0 Å². The zero-order valence-corrected chi connectivity index (χ0v) is 20.2. The summed E-state index contributed by atoms with van der Waals surface area (Å²) >= 11 is 6.67. The molecule has 0 spiro atoms. The molecule has 1 aliphatic rings. The fourth-order valence-corrected chi connectivity index (χ4v) is 5.50. The van der Waals surface area contributed by atoms with Gasteiger partial charge >= 0.3 is 5.97 Å². The van der Waals surface area contributed by atoms with Crippen LogP contribution in [-0.4, -0.2) is 25.9 Å². The van der Waals surface area contributed by atoms with Crippen molar-refractivity contribution in [2.75, 3.05) is 4.90 Å². The van der Waals surface area contributed by atoms with E-state index in [-0.39, 0.29) is 17.3 Å². The van der Waals surface area contributed by atoms with Crippen molar-refractivity contribution in [3.63, 3.8) is 0 Å². The average Bonchev–Trinajstić information content (AvgIpc) is 3.28. The topological polar surface area (TPSA) is 62.5 Å². The van der Waals surface area contributed by atoms with Gasteiger partial charge < -0.3 is 9.67 Å². The number of fused-ring (bicyclic) bond motifs is 1. The van der Waals surface area contributed by atoms with Crippen LogP contribution in [0.1, 0.15) is 27.2 Å². The predicted octanol–water partition coefficient (Wildman–Crippen LogP) is 6.24. The van der Waals surface area contributed by atoms with E-state index in [2.05, 4.69) is 4.57 Å². The first-order chi connectivity index (χ1) is 16.8. The summed E-state index contributed by atoms with van der Waals surface area (Å²) in [5, 5.41) is 10.3. The largest absolute Gasteiger partial charge is 0.478 e. The van der Waals surface area contributed by atoms with Gasteiger partial charge in [0, 0.05) is 28.7 Å². The summed E-state index contributed by atoms with van der Waals surface area (Å²) < 4.78 is 15.9. The second-order valence-electron chi connectivity index (χ2n) is 8.10. The molecule has 1 aliphatic heterocycles. The molecule has 4 aromatic rings. The van der Waals surface area contributed by atoms with E-state index in [9.17, 15) is 19.1 Å². The van der Waals surface area contributed by atoms with Crippen molar-refractivity contribution < 1.29 is 19.1 Å². The number of carbonyl (C=O) groups is 2. The van der Waals surface area contributed by atoms with Gasteiger partial charge in [-0.05, 0) is 55.0 Å². The smallest absolute Gasteiger partial charge is 0.335 e. The number of hydrogen-bond acceptors (Lipinski definition) is 4. The number of thiocarbonyl (C=S) groups is 1. The van der Waals surface area contributed by atoms with Crippen LogP contribution in [-0.2, 0) is 11.3 Å². The van der Waals surface area contributed by atoms with Gasteiger partial charge in [-0.1, -0.05) is 60.4 Å². The second-order valence-corrected chi connectivity index (χ2v) is 9.78. The van der Waals surface area contributed by atoms with Crippen molar-refractivity contribution >= 4 is 62.8 Å². The first-order valence-electron chi connectivity index (χ1n) is 10.8. The Kier molecular flexibility index (Phi) is 6.00. The minimum Gasteiger partial charge on any atom is -0.478 e. The average molecular weight is 503 g/mol. The Morgan fingerprint density at radius 2 is 1.83 bits per heavy atom. The molecule has 1 amide bonds. The fraction of sp³-hybridized carbons (Fsp3) is 0.0741. The van der Waals surface area contributed by atoms with E-state index in [1.807, 2.05) is 37.3 Å². The third kappa shape index (κ3) is 4.26. The second kappa shape index (κ2) is 9.13. The minimum absolute atomic E-state index is 0.0836. The Morgan fingerprint density at radius 3 is 2.57 bits per heavy atom. The van der Waals surface area contributed by atoms with Crippen LogP contribution >= 0.6 is 24.0 Å². The van der Waals surface area contributed by atoms with Crippen LogP contribution in [0.4, 0.5) is 10.1 Å². The third-order valence-electron chi connectivity index (χ3n) is 5.95. The summed E-state index contributed by atoms with van der Waals surface area (Å²) in [7, 11) is 0. The van der Waals surface area contributed by atoms with Gasteiger partial charge in [-0.25, -0.2) is 9.18 Å². The van der Waals surface area contributed by atoms with Crippen LogP contribution in [0, 0.1) is 12.7 Å². The van der Waals surface area contributed by atoms with Gasteiger partial charge in [0.25, 0.3) is 5.91 Å². The molecule has 8 heteroatoms. The molecule has 0 aliphatic carbocycles. The molecule has 0 radical (unpaired) electrons. The van der Waals surface area contributed by atoms with E-state index in [4.69, 9.17) is 12.2 Å². The van der Waals surface area contributed by atoms with E-state index < -0.39 is 5.97 Å². The summed E-state index contributed by atoms with van der Waals surface area (Å²) in [4.78, 5) is 26.5. The van der Waals surface area contributed by atoms with Gasteiger partial charge in [0.15, 0.2) is 4.32 Å². The number of aromatic carboxylic acids is 1. The summed E-state index contributed by atoms with van der Waals surface area (Å²) in [5.74, 6) is -1.64. The number of thioether (sulfide) groups is 1. The molecule has 5 nitrogen and oxygen atoms in total. The summed E-state index contributed by atoms with van der Waals surface area (Å²) in [6.45, 7) is 2.55. The highest BCUT2D eigenvalue weighted by atomic mass is 32.2. The normalized spacial score (nSPS) is 14.9. The molecule has 1 saturated heterocycles. The lowest BCUT2D eigenvalue weighted by Crippen LogP contribution is -2.27. The van der Waals surface area contributed by atoms with E-state index in [1.54, 1.807) is 24.3 Å². The molecule has 174 valence electrons. The van der Waals surface area contributed by atoms with Crippen LogP contribution < -0.4 is 4.90 Å². The molecule has 2 heterocycles. The molecule has 1 fully saturated rings. The van der Waals surface area contributed by atoms with Crippen molar-refractivity contribution in [3.8, 4) is 0 Å². The maximum atomic E-state index is 13.4. The zero-order valence-electron chi connectivity index (χ0n) is 18.6. The highest BCUT2D eigenvalue weighted by Gasteiger charge is 2.34. The van der Waals surface area contributed by atoms with E-state index in [1.165, 1.54) is 40.9 Å². The molecule has 1 aromatic heterocycles. The van der Waals surface area contributed by atoms with Crippen LogP contribution in [0.3, 0.4) is 0 Å². The molecule has 0 saturated carbocycles. The Hall–Kier alpha value is -3.75. The lowest BCUT2D eigenvalue weighted by atomic mass is 10.1. The number of para-hydroxylation sites is 1. The van der Waals surface area contributed by atoms with Gasteiger partial charge in [-0.15, -0.1) is 0 Å². The summed E-state index contributed by atoms with van der Waals surface area (Å²) in [5.41, 5.74) is 4.35. The number of carboxylic acids is 1. The summed E-state index contributed by atoms with van der Waals surface area (Å²) in [6.07, 6.45) is 1.85. The number of rotatable bonds is 5. The quantitative estimate of drug-likeness (QED) is 0.259. The lowest BCUT2D eigenvalue weighted by Gasteiger charge is -2.14. The predicted molar refractivity (Wildman–Crippen MR) is 141 cm³/mol. The monoisotopic (exact) mass is 502 g/mol. The molecule has 35 heavy (non-hydrogen) atoms. The number of benzene rings is 3. The SMILES string of the molecule is Cc1c(/C=C2/SC(=S)N(c3cccc(C(=O)O)c3)C2=O)c2ccccc2n1Cc1ccc(F)cc1. The van der Waals surface area contributed by atoms with Gasteiger partial charge in [0.1, 0.15) is 5.82 Å². The molecule has 0 atom stereocenters. The summed E-state index contributed by atoms with van der Waals surface area (Å²) in [6, 6.07) is 20.5. The zero-order chi connectivity index (χ0) is 24.7. The van der Waals surface area contributed by atoms with Crippen molar-refractivity contribution in [2.24, 2.45) is 0 Å². The van der Waals surface area contributed by atoms with Gasteiger partial charge in [0.05, 0.1) is 16.2 Å². The molecule has 0 bridgehead atoms. The molecule has 5 rings (SSSR count). The van der Waals surface area contributed by atoms with Gasteiger partial charge in [0.2, 0.25) is 0 Å². The van der Waals surface area contributed by atoms with Crippen molar-refractivity contribution in [1.82, 2.24) is 4.57 Å². The number of nitrogens with zero attached hydrogens (tertiary/aromatic N) is 2. The third-order valence-corrected chi connectivity index (χ3v) is 7.26.